The van der Waals surface area contributed by atoms with E-state index in [0.29, 0.717) is 5.25 Å². The first-order valence-electron chi connectivity index (χ1n) is 10.5. The second kappa shape index (κ2) is 10.6. The van der Waals surface area contributed by atoms with E-state index < -0.39 is 0 Å². The Kier molecular flexibility index (Phi) is 7.58. The fourth-order valence-corrected chi connectivity index (χ4v) is 6.08. The highest BCUT2D eigenvalue weighted by Crippen LogP contribution is 2.31. The Morgan fingerprint density at radius 3 is 2.55 bits per heavy atom. The molecule has 2 aromatic heterocycles. The third-order valence-corrected chi connectivity index (χ3v) is 8.10. The van der Waals surface area contributed by atoms with Crippen molar-refractivity contribution >= 4 is 46.3 Å². The summed E-state index contributed by atoms with van der Waals surface area (Å²) in [7, 11) is 0. The highest BCUT2D eigenvalue weighted by molar-refractivity contribution is 8.00. The van der Waals surface area contributed by atoms with Crippen LogP contribution in [0.5, 0.6) is 0 Å². The molecule has 0 saturated carbocycles. The number of thiophene rings is 1. The summed E-state index contributed by atoms with van der Waals surface area (Å²) in [6, 6.07) is 13.0. The van der Waals surface area contributed by atoms with Crippen LogP contribution in [0.4, 0.5) is 5.69 Å². The van der Waals surface area contributed by atoms with Crippen molar-refractivity contribution < 1.29 is 4.79 Å². The van der Waals surface area contributed by atoms with E-state index in [1.807, 2.05) is 41.4 Å². The Labute approximate surface area is 197 Å². The van der Waals surface area contributed by atoms with Crippen LogP contribution >= 0.6 is 34.7 Å². The Morgan fingerprint density at radius 1 is 1.16 bits per heavy atom. The molecule has 1 aliphatic rings. The van der Waals surface area contributed by atoms with Gasteiger partial charge in [-0.3, -0.25) is 4.79 Å². The summed E-state index contributed by atoms with van der Waals surface area (Å²) < 4.78 is 3.01. The zero-order chi connectivity index (χ0) is 21.6. The minimum absolute atomic E-state index is 0.167. The molecular formula is C23H27ClN4OS2. The summed E-state index contributed by atoms with van der Waals surface area (Å²) in [5, 5.41) is 0.444. The third-order valence-electron chi connectivity index (χ3n) is 5.54. The van der Waals surface area contributed by atoms with Crippen molar-refractivity contribution in [3.8, 4) is 0 Å². The van der Waals surface area contributed by atoms with Crippen LogP contribution < -0.4 is 4.90 Å². The predicted molar refractivity (Wildman–Crippen MR) is 130 cm³/mol. The number of thioether (sulfide) groups is 1. The first kappa shape index (κ1) is 22.2. The van der Waals surface area contributed by atoms with Gasteiger partial charge in [0.15, 0.2) is 0 Å². The van der Waals surface area contributed by atoms with Gasteiger partial charge in [-0.15, -0.1) is 23.1 Å². The maximum absolute atomic E-state index is 11.5. The quantitative estimate of drug-likeness (QED) is 0.428. The van der Waals surface area contributed by atoms with Crippen LogP contribution in [0.3, 0.4) is 0 Å². The molecule has 1 saturated heterocycles. The number of nitrogens with zero attached hydrogens (tertiary/aromatic N) is 4. The normalized spacial score (nSPS) is 15.3. The number of hydrogen-bond donors (Lipinski definition) is 0. The van der Waals surface area contributed by atoms with Crippen LogP contribution in [0.2, 0.25) is 4.34 Å². The molecule has 164 valence electrons. The molecule has 0 bridgehead atoms. The van der Waals surface area contributed by atoms with Gasteiger partial charge in [-0.2, -0.15) is 0 Å². The molecule has 31 heavy (non-hydrogen) atoms. The molecule has 1 atom stereocenters. The second-order valence-electron chi connectivity index (χ2n) is 7.73. The molecule has 3 heterocycles. The number of halogens is 1. The van der Waals surface area contributed by atoms with Crippen molar-refractivity contribution in [3.05, 3.63) is 64.3 Å². The number of aromatic nitrogens is 2. The van der Waals surface area contributed by atoms with Gasteiger partial charge >= 0.3 is 0 Å². The largest absolute Gasteiger partial charge is 0.368 e. The highest BCUT2D eigenvalue weighted by Gasteiger charge is 2.19. The number of hydrogen-bond acceptors (Lipinski definition) is 5. The van der Waals surface area contributed by atoms with E-state index in [4.69, 9.17) is 11.6 Å². The van der Waals surface area contributed by atoms with Crippen LogP contribution in [0.25, 0.3) is 0 Å². The molecule has 0 aliphatic carbocycles. The van der Waals surface area contributed by atoms with Gasteiger partial charge in [0.05, 0.1) is 10.7 Å². The first-order chi connectivity index (χ1) is 15.1. The number of carbonyl (C=O) groups excluding carboxylic acids is 1. The molecule has 8 heteroatoms. The smallest absolute Gasteiger partial charge is 0.219 e. The number of aryl methyl sites for hydroxylation is 1. The van der Waals surface area contributed by atoms with Gasteiger partial charge in [-0.25, -0.2) is 4.98 Å². The van der Waals surface area contributed by atoms with E-state index in [1.54, 1.807) is 18.3 Å². The van der Waals surface area contributed by atoms with Gasteiger partial charge in [0.25, 0.3) is 0 Å². The zero-order valence-electron chi connectivity index (χ0n) is 17.6. The van der Waals surface area contributed by atoms with Gasteiger partial charge in [0.1, 0.15) is 0 Å². The van der Waals surface area contributed by atoms with E-state index in [0.717, 1.165) is 49.9 Å². The van der Waals surface area contributed by atoms with Crippen molar-refractivity contribution in [2.24, 2.45) is 0 Å². The Hall–Kier alpha value is -1.96. The second-order valence-corrected chi connectivity index (χ2v) is 10.9. The maximum Gasteiger partial charge on any atom is 0.219 e. The van der Waals surface area contributed by atoms with Crippen LogP contribution in [0.1, 0.15) is 18.2 Å². The average molecular weight is 475 g/mol. The minimum Gasteiger partial charge on any atom is -0.368 e. The van der Waals surface area contributed by atoms with Crippen molar-refractivity contribution in [1.82, 2.24) is 14.5 Å². The predicted octanol–water partition coefficient (Wildman–Crippen LogP) is 5.06. The monoisotopic (exact) mass is 474 g/mol. The molecule has 0 N–H and O–H groups in total. The Bertz CT molecular complexity index is 966. The SMILES string of the molecule is CC(=O)N1CCN(c2ccc(SC(CCc3ccc(Cl)s3)Cn3ccnc3)cc2)CC1. The number of amides is 1. The summed E-state index contributed by atoms with van der Waals surface area (Å²) >= 11 is 9.70. The summed E-state index contributed by atoms with van der Waals surface area (Å²) in [6.45, 7) is 5.95. The lowest BCUT2D eigenvalue weighted by atomic mass is 10.2. The van der Waals surface area contributed by atoms with E-state index in [1.165, 1.54) is 15.5 Å². The molecular weight excluding hydrogens is 448 g/mol. The molecule has 4 rings (SSSR count). The Morgan fingerprint density at radius 2 is 1.94 bits per heavy atom. The van der Waals surface area contributed by atoms with E-state index >= 15 is 0 Å². The molecule has 1 fully saturated rings. The zero-order valence-corrected chi connectivity index (χ0v) is 20.0. The third kappa shape index (κ3) is 6.28. The lowest BCUT2D eigenvalue weighted by Gasteiger charge is -2.35. The molecule has 0 spiro atoms. The molecule has 1 amide bonds. The molecule has 1 aliphatic heterocycles. The summed E-state index contributed by atoms with van der Waals surface area (Å²) in [4.78, 5) is 22.6. The Balaban J connectivity index is 1.37. The van der Waals surface area contributed by atoms with Crippen molar-refractivity contribution in [3.63, 3.8) is 0 Å². The number of carbonyl (C=O) groups is 1. The van der Waals surface area contributed by atoms with Gasteiger partial charge < -0.3 is 14.4 Å². The van der Waals surface area contributed by atoms with E-state index in [-0.39, 0.29) is 5.91 Å². The number of rotatable bonds is 8. The minimum atomic E-state index is 0.167. The van der Waals surface area contributed by atoms with Gasteiger partial charge in [0.2, 0.25) is 5.91 Å². The summed E-state index contributed by atoms with van der Waals surface area (Å²) in [6.07, 6.45) is 7.86. The standard InChI is InChI=1S/C23H27ClN4OS2/c1-18(29)27-12-14-28(15-13-27)19-2-4-20(5-3-19)30-22(16-26-11-10-25-17-26)7-6-21-8-9-23(24)31-21/h2-5,8-11,17,22H,6-7,12-16H2,1H3. The number of anilines is 1. The average Bonchev–Trinajstić information content (AvgIpc) is 3.44. The fraction of sp³-hybridized carbons (Fsp3) is 0.391. The summed E-state index contributed by atoms with van der Waals surface area (Å²) in [5.74, 6) is 0.167. The number of benzene rings is 1. The topological polar surface area (TPSA) is 41.4 Å². The van der Waals surface area contributed by atoms with Gasteiger partial charge in [-0.05, 0) is 49.2 Å². The molecule has 1 aromatic carbocycles. The number of piperazine rings is 1. The molecule has 1 unspecified atom stereocenters. The van der Waals surface area contributed by atoms with Crippen molar-refractivity contribution in [2.45, 2.75) is 36.5 Å². The van der Waals surface area contributed by atoms with E-state index in [2.05, 4.69) is 44.8 Å². The summed E-state index contributed by atoms with van der Waals surface area (Å²) in [5.41, 5.74) is 1.23. The van der Waals surface area contributed by atoms with Crippen molar-refractivity contribution in [2.75, 3.05) is 31.1 Å². The number of imidazole rings is 1. The maximum atomic E-state index is 11.5. The van der Waals surface area contributed by atoms with Crippen LogP contribution in [-0.4, -0.2) is 51.8 Å². The van der Waals surface area contributed by atoms with Crippen LogP contribution in [-0.2, 0) is 17.8 Å². The molecule has 5 nitrogen and oxygen atoms in total. The molecule has 0 radical (unpaired) electrons. The lowest BCUT2D eigenvalue weighted by molar-refractivity contribution is -0.129. The van der Waals surface area contributed by atoms with Crippen LogP contribution in [0, 0.1) is 0 Å². The lowest BCUT2D eigenvalue weighted by Crippen LogP contribution is -2.48. The van der Waals surface area contributed by atoms with E-state index in [9.17, 15) is 4.79 Å². The van der Waals surface area contributed by atoms with Crippen LogP contribution in [0.15, 0.2) is 60.0 Å². The molecule has 3 aromatic rings. The fourth-order valence-electron chi connectivity index (χ4n) is 3.81. The van der Waals surface area contributed by atoms with Gasteiger partial charge in [0, 0.05) is 72.8 Å². The first-order valence-corrected chi connectivity index (χ1v) is 12.6. The van der Waals surface area contributed by atoms with Gasteiger partial charge in [-0.1, -0.05) is 11.6 Å². The highest BCUT2D eigenvalue weighted by atomic mass is 35.5. The van der Waals surface area contributed by atoms with Crippen molar-refractivity contribution in [1.29, 1.82) is 0 Å².